The van der Waals surface area contributed by atoms with Crippen molar-refractivity contribution in [3.8, 4) is 11.5 Å². The summed E-state index contributed by atoms with van der Waals surface area (Å²) in [6, 6.07) is 16.0. The average Bonchev–Trinajstić information content (AvgIpc) is 2.74. The van der Waals surface area contributed by atoms with Crippen LogP contribution in [0.5, 0.6) is 11.5 Å². The lowest BCUT2D eigenvalue weighted by Crippen LogP contribution is -1.89. The molecule has 0 amide bonds. The first kappa shape index (κ1) is 23.3. The van der Waals surface area contributed by atoms with E-state index in [2.05, 4.69) is 31.2 Å². The number of nitrogens with two attached hydrogens (primary N) is 1. The standard InChI is InChI=1S/C27H41NO/c1-2-3-4-5-6-7-8-9-10-11-12-13-14-15-24-16-20-26(21-17-24)29-27-22-18-25(28)19-23-27/h16-23H,2-15,28H2,1H3. The minimum Gasteiger partial charge on any atom is -0.457 e. The Morgan fingerprint density at radius 1 is 0.552 bits per heavy atom. The molecule has 0 atom stereocenters. The summed E-state index contributed by atoms with van der Waals surface area (Å²) < 4.78 is 5.85. The predicted octanol–water partition coefficient (Wildman–Crippen LogP) is 8.69. The van der Waals surface area contributed by atoms with Gasteiger partial charge in [0.25, 0.3) is 0 Å². The summed E-state index contributed by atoms with van der Waals surface area (Å²) in [5, 5.41) is 0. The highest BCUT2D eigenvalue weighted by molar-refractivity contribution is 5.43. The summed E-state index contributed by atoms with van der Waals surface area (Å²) in [5.41, 5.74) is 7.86. The molecule has 0 aliphatic carbocycles. The van der Waals surface area contributed by atoms with E-state index in [1.54, 1.807) is 0 Å². The monoisotopic (exact) mass is 395 g/mol. The molecule has 0 unspecified atom stereocenters. The van der Waals surface area contributed by atoms with Gasteiger partial charge in [0.2, 0.25) is 0 Å². The van der Waals surface area contributed by atoms with Crippen LogP contribution in [0.15, 0.2) is 48.5 Å². The molecule has 0 heterocycles. The minimum atomic E-state index is 0.755. The Balaban J connectivity index is 1.46. The van der Waals surface area contributed by atoms with Gasteiger partial charge in [-0.2, -0.15) is 0 Å². The number of anilines is 1. The number of rotatable bonds is 16. The zero-order valence-corrected chi connectivity index (χ0v) is 18.5. The van der Waals surface area contributed by atoms with E-state index in [1.807, 2.05) is 24.3 Å². The quantitative estimate of drug-likeness (QED) is 0.228. The second-order valence-electron chi connectivity index (χ2n) is 8.31. The van der Waals surface area contributed by atoms with Crippen LogP contribution in [0.3, 0.4) is 0 Å². The lowest BCUT2D eigenvalue weighted by Gasteiger charge is -2.07. The highest BCUT2D eigenvalue weighted by atomic mass is 16.5. The molecule has 2 rings (SSSR count). The van der Waals surface area contributed by atoms with E-state index in [0.29, 0.717) is 0 Å². The summed E-state index contributed by atoms with van der Waals surface area (Å²) in [7, 11) is 0. The van der Waals surface area contributed by atoms with Crippen LogP contribution in [0, 0.1) is 0 Å². The first-order valence-corrected chi connectivity index (χ1v) is 11.9. The molecular weight excluding hydrogens is 354 g/mol. The van der Waals surface area contributed by atoms with Crippen molar-refractivity contribution in [2.75, 3.05) is 5.73 Å². The molecule has 2 aromatic rings. The Morgan fingerprint density at radius 3 is 1.45 bits per heavy atom. The SMILES string of the molecule is CCCCCCCCCCCCCCCc1ccc(Oc2ccc(N)cc2)cc1. The third-order valence-electron chi connectivity index (χ3n) is 5.61. The van der Waals surface area contributed by atoms with Gasteiger partial charge >= 0.3 is 0 Å². The zero-order valence-electron chi connectivity index (χ0n) is 18.5. The molecule has 2 N–H and O–H groups in total. The molecular formula is C27H41NO. The van der Waals surface area contributed by atoms with Gasteiger partial charge in [0, 0.05) is 5.69 Å². The summed E-state index contributed by atoms with van der Waals surface area (Å²) in [4.78, 5) is 0. The number of unbranched alkanes of at least 4 members (excludes halogenated alkanes) is 12. The van der Waals surface area contributed by atoms with Gasteiger partial charge in [0.1, 0.15) is 11.5 Å². The van der Waals surface area contributed by atoms with Crippen molar-refractivity contribution in [1.29, 1.82) is 0 Å². The highest BCUT2D eigenvalue weighted by Gasteiger charge is 1.99. The number of aryl methyl sites for hydroxylation is 1. The molecule has 0 bridgehead atoms. The van der Waals surface area contributed by atoms with Gasteiger partial charge in [-0.3, -0.25) is 0 Å². The fourth-order valence-electron chi connectivity index (χ4n) is 3.74. The van der Waals surface area contributed by atoms with Crippen molar-refractivity contribution in [1.82, 2.24) is 0 Å². The molecule has 0 aliphatic heterocycles. The van der Waals surface area contributed by atoms with E-state index in [9.17, 15) is 0 Å². The van der Waals surface area contributed by atoms with Crippen LogP contribution in [0.25, 0.3) is 0 Å². The third-order valence-corrected chi connectivity index (χ3v) is 5.61. The van der Waals surface area contributed by atoms with Gasteiger partial charge in [-0.25, -0.2) is 0 Å². The van der Waals surface area contributed by atoms with E-state index in [0.717, 1.165) is 17.2 Å². The number of hydrogen-bond donors (Lipinski definition) is 1. The van der Waals surface area contributed by atoms with Gasteiger partial charge in [-0.15, -0.1) is 0 Å². The number of nitrogen functional groups attached to an aromatic ring is 1. The lowest BCUT2D eigenvalue weighted by molar-refractivity contribution is 0.482. The fourth-order valence-corrected chi connectivity index (χ4v) is 3.74. The maximum absolute atomic E-state index is 5.85. The molecule has 0 aliphatic rings. The van der Waals surface area contributed by atoms with Crippen LogP contribution in [0.2, 0.25) is 0 Å². The van der Waals surface area contributed by atoms with Gasteiger partial charge in [-0.1, -0.05) is 96.1 Å². The van der Waals surface area contributed by atoms with E-state index in [-0.39, 0.29) is 0 Å². The van der Waals surface area contributed by atoms with Crippen molar-refractivity contribution in [3.63, 3.8) is 0 Å². The van der Waals surface area contributed by atoms with E-state index < -0.39 is 0 Å². The van der Waals surface area contributed by atoms with Crippen LogP contribution < -0.4 is 10.5 Å². The Labute approximate surface area is 178 Å². The molecule has 2 aromatic carbocycles. The van der Waals surface area contributed by atoms with E-state index >= 15 is 0 Å². The van der Waals surface area contributed by atoms with E-state index in [1.165, 1.54) is 95.5 Å². The number of hydrogen-bond acceptors (Lipinski definition) is 2. The molecule has 0 saturated heterocycles. The van der Waals surface area contributed by atoms with Crippen molar-refractivity contribution in [2.24, 2.45) is 0 Å². The molecule has 0 aromatic heterocycles. The first-order valence-electron chi connectivity index (χ1n) is 11.9. The maximum atomic E-state index is 5.85. The summed E-state index contributed by atoms with van der Waals surface area (Å²) in [5.74, 6) is 1.70. The van der Waals surface area contributed by atoms with Crippen molar-refractivity contribution in [2.45, 2.75) is 96.8 Å². The van der Waals surface area contributed by atoms with Gasteiger partial charge in [-0.05, 0) is 54.8 Å². The molecule has 29 heavy (non-hydrogen) atoms. The average molecular weight is 396 g/mol. The molecule has 2 nitrogen and oxygen atoms in total. The van der Waals surface area contributed by atoms with Crippen LogP contribution in [-0.2, 0) is 6.42 Å². The number of ether oxygens (including phenoxy) is 1. The van der Waals surface area contributed by atoms with Gasteiger partial charge in [0.05, 0.1) is 0 Å². The number of benzene rings is 2. The summed E-state index contributed by atoms with van der Waals surface area (Å²) >= 11 is 0. The molecule has 0 saturated carbocycles. The lowest BCUT2D eigenvalue weighted by atomic mass is 10.0. The van der Waals surface area contributed by atoms with Gasteiger partial charge in [0.15, 0.2) is 0 Å². The van der Waals surface area contributed by atoms with Crippen molar-refractivity contribution < 1.29 is 4.74 Å². The highest BCUT2D eigenvalue weighted by Crippen LogP contribution is 2.23. The van der Waals surface area contributed by atoms with Crippen molar-refractivity contribution in [3.05, 3.63) is 54.1 Å². The smallest absolute Gasteiger partial charge is 0.127 e. The summed E-state index contributed by atoms with van der Waals surface area (Å²) in [6.45, 7) is 2.29. The minimum absolute atomic E-state index is 0.755. The first-order chi connectivity index (χ1) is 14.3. The Kier molecular flexibility index (Phi) is 12.0. The predicted molar refractivity (Wildman–Crippen MR) is 127 cm³/mol. The Hall–Kier alpha value is -1.96. The fraction of sp³-hybridized carbons (Fsp3) is 0.556. The van der Waals surface area contributed by atoms with Gasteiger partial charge < -0.3 is 10.5 Å². The van der Waals surface area contributed by atoms with Crippen LogP contribution in [0.1, 0.15) is 96.0 Å². The summed E-state index contributed by atoms with van der Waals surface area (Å²) in [6.07, 6.45) is 19.4. The molecule has 0 fully saturated rings. The Bertz CT molecular complexity index is 633. The van der Waals surface area contributed by atoms with Crippen LogP contribution >= 0.6 is 0 Å². The third kappa shape index (κ3) is 11.0. The zero-order chi connectivity index (χ0) is 20.6. The molecule has 0 radical (unpaired) electrons. The van der Waals surface area contributed by atoms with E-state index in [4.69, 9.17) is 10.5 Å². The maximum Gasteiger partial charge on any atom is 0.127 e. The Morgan fingerprint density at radius 2 is 0.966 bits per heavy atom. The van der Waals surface area contributed by atoms with Crippen LogP contribution in [-0.4, -0.2) is 0 Å². The molecule has 0 spiro atoms. The second-order valence-corrected chi connectivity index (χ2v) is 8.31. The van der Waals surface area contributed by atoms with Crippen molar-refractivity contribution >= 4 is 5.69 Å². The van der Waals surface area contributed by atoms with Crippen LogP contribution in [0.4, 0.5) is 5.69 Å². The molecule has 2 heteroatoms. The molecule has 160 valence electrons. The second kappa shape index (κ2) is 15.0. The topological polar surface area (TPSA) is 35.2 Å². The normalized spacial score (nSPS) is 10.9. The largest absolute Gasteiger partial charge is 0.457 e.